The van der Waals surface area contributed by atoms with Crippen LogP contribution in [0.1, 0.15) is 59.3 Å². The Kier molecular flexibility index (Phi) is 3.48. The molecule has 2 saturated carbocycles. The molecule has 3 heteroatoms. The number of carbonyl (C=O) groups is 1. The number of fused-ring (bicyclic) bond motifs is 2. The Balaban J connectivity index is 1.75. The van der Waals surface area contributed by atoms with Gasteiger partial charge in [-0.05, 0) is 58.3 Å². The van der Waals surface area contributed by atoms with Crippen LogP contribution in [0, 0.1) is 11.3 Å². The predicted octanol–water partition coefficient (Wildman–Crippen LogP) is 3.27. The van der Waals surface area contributed by atoms with Crippen molar-refractivity contribution >= 4 is 5.97 Å². The summed E-state index contributed by atoms with van der Waals surface area (Å²) in [5.74, 6) is 0.710. The van der Waals surface area contributed by atoms with Crippen molar-refractivity contribution in [2.24, 2.45) is 11.3 Å². The summed E-state index contributed by atoms with van der Waals surface area (Å²) in [4.78, 5) is 11.8. The van der Waals surface area contributed by atoms with Gasteiger partial charge in [-0.3, -0.25) is 4.79 Å². The van der Waals surface area contributed by atoms with Crippen LogP contribution in [0.4, 0.5) is 0 Å². The molecule has 2 aliphatic carbocycles. The van der Waals surface area contributed by atoms with Gasteiger partial charge in [0.05, 0.1) is 11.0 Å². The van der Waals surface area contributed by atoms with Crippen molar-refractivity contribution in [1.82, 2.24) is 0 Å². The van der Waals surface area contributed by atoms with Gasteiger partial charge in [-0.15, -0.1) is 0 Å². The fourth-order valence-electron chi connectivity index (χ4n) is 2.89. The molecule has 98 valence electrons. The van der Waals surface area contributed by atoms with Crippen molar-refractivity contribution in [3.05, 3.63) is 0 Å². The summed E-state index contributed by atoms with van der Waals surface area (Å²) in [6, 6.07) is 0. The van der Waals surface area contributed by atoms with Gasteiger partial charge in [0.15, 0.2) is 6.79 Å². The van der Waals surface area contributed by atoms with E-state index >= 15 is 0 Å². The zero-order valence-corrected chi connectivity index (χ0v) is 11.3. The molecule has 0 unspecified atom stereocenters. The Bertz CT molecular complexity index is 288. The minimum absolute atomic E-state index is 0.0430. The Morgan fingerprint density at radius 3 is 2.47 bits per heavy atom. The smallest absolute Gasteiger partial charge is 0.313 e. The van der Waals surface area contributed by atoms with Gasteiger partial charge in [0.1, 0.15) is 0 Å². The quantitative estimate of drug-likeness (QED) is 0.546. The molecule has 0 aromatic heterocycles. The molecular weight excluding hydrogens is 216 g/mol. The second-order valence-electron chi connectivity index (χ2n) is 6.26. The van der Waals surface area contributed by atoms with Crippen LogP contribution >= 0.6 is 0 Å². The van der Waals surface area contributed by atoms with Crippen molar-refractivity contribution in [2.75, 3.05) is 6.79 Å². The first-order valence-corrected chi connectivity index (χ1v) is 6.79. The maximum Gasteiger partial charge on any atom is 0.313 e. The first-order chi connectivity index (χ1) is 7.97. The van der Waals surface area contributed by atoms with E-state index in [2.05, 4.69) is 0 Å². The van der Waals surface area contributed by atoms with E-state index in [1.165, 1.54) is 19.3 Å². The van der Waals surface area contributed by atoms with Crippen LogP contribution in [-0.4, -0.2) is 18.4 Å². The minimum atomic E-state index is -0.394. The molecule has 2 fully saturated rings. The molecule has 3 nitrogen and oxygen atoms in total. The average Bonchev–Trinajstić information content (AvgIpc) is 2.89. The number of carbonyl (C=O) groups excluding carboxylic acids is 1. The highest BCUT2D eigenvalue weighted by Gasteiger charge is 2.46. The van der Waals surface area contributed by atoms with E-state index in [1.54, 1.807) is 0 Å². The molecule has 0 heterocycles. The van der Waals surface area contributed by atoms with Crippen molar-refractivity contribution in [3.8, 4) is 0 Å². The lowest BCUT2D eigenvalue weighted by atomic mass is 9.91. The molecule has 0 saturated heterocycles. The highest BCUT2D eigenvalue weighted by atomic mass is 16.7. The van der Waals surface area contributed by atoms with Crippen LogP contribution in [0.5, 0.6) is 0 Å². The van der Waals surface area contributed by atoms with Gasteiger partial charge in [-0.25, -0.2) is 0 Å². The van der Waals surface area contributed by atoms with Crippen molar-refractivity contribution in [1.29, 1.82) is 0 Å². The highest BCUT2D eigenvalue weighted by molar-refractivity contribution is 5.75. The molecule has 0 aliphatic heterocycles. The Labute approximate surface area is 104 Å². The molecule has 2 rings (SSSR count). The Hall–Kier alpha value is -0.570. The lowest BCUT2D eigenvalue weighted by Gasteiger charge is -2.28. The molecule has 0 aromatic carbocycles. The van der Waals surface area contributed by atoms with Gasteiger partial charge in [0.25, 0.3) is 0 Å². The fourth-order valence-corrected chi connectivity index (χ4v) is 2.89. The molecule has 2 aliphatic rings. The van der Waals surface area contributed by atoms with Gasteiger partial charge >= 0.3 is 5.97 Å². The van der Waals surface area contributed by atoms with E-state index in [-0.39, 0.29) is 18.4 Å². The Morgan fingerprint density at radius 2 is 2.00 bits per heavy atom. The first kappa shape index (κ1) is 12.9. The van der Waals surface area contributed by atoms with E-state index in [0.717, 1.165) is 25.2 Å². The van der Waals surface area contributed by atoms with Gasteiger partial charge in [0, 0.05) is 0 Å². The minimum Gasteiger partial charge on any atom is -0.438 e. The third-order valence-electron chi connectivity index (χ3n) is 4.67. The molecule has 0 atom stereocenters. The third kappa shape index (κ3) is 2.65. The lowest BCUT2D eigenvalue weighted by molar-refractivity contribution is -0.181. The third-order valence-corrected chi connectivity index (χ3v) is 4.67. The molecule has 0 amide bonds. The molecule has 0 radical (unpaired) electrons. The van der Waals surface area contributed by atoms with Gasteiger partial charge in [0.2, 0.25) is 0 Å². The fraction of sp³-hybridized carbons (Fsp3) is 0.929. The van der Waals surface area contributed by atoms with Crippen LogP contribution in [-0.2, 0) is 14.3 Å². The SMILES string of the molecule is CCC(C)(C)C(=O)OCOC12CCC(CC1)C2. The molecule has 2 bridgehead atoms. The lowest BCUT2D eigenvalue weighted by Crippen LogP contribution is -2.31. The van der Waals surface area contributed by atoms with Crippen molar-refractivity contribution in [2.45, 2.75) is 64.9 Å². The summed E-state index contributed by atoms with van der Waals surface area (Å²) < 4.78 is 11.1. The van der Waals surface area contributed by atoms with E-state index in [9.17, 15) is 4.79 Å². The van der Waals surface area contributed by atoms with E-state index in [1.807, 2.05) is 20.8 Å². The number of ether oxygens (including phenoxy) is 2. The molecular formula is C14H24O3. The molecule has 0 spiro atoms. The van der Waals surface area contributed by atoms with Crippen LogP contribution < -0.4 is 0 Å². The molecule has 0 N–H and O–H groups in total. The molecule has 0 aromatic rings. The maximum absolute atomic E-state index is 11.8. The number of esters is 1. The summed E-state index contributed by atoms with van der Waals surface area (Å²) in [7, 11) is 0. The zero-order chi connectivity index (χ0) is 12.5. The monoisotopic (exact) mass is 240 g/mol. The summed E-state index contributed by atoms with van der Waals surface area (Å²) in [5, 5.41) is 0. The van der Waals surface area contributed by atoms with Gasteiger partial charge in [-0.2, -0.15) is 0 Å². The number of rotatable bonds is 5. The molecule has 17 heavy (non-hydrogen) atoms. The van der Waals surface area contributed by atoms with Gasteiger partial charge < -0.3 is 9.47 Å². The predicted molar refractivity (Wildman–Crippen MR) is 65.4 cm³/mol. The maximum atomic E-state index is 11.8. The summed E-state index contributed by atoms with van der Waals surface area (Å²) in [6.45, 7) is 5.96. The van der Waals surface area contributed by atoms with Crippen LogP contribution in [0.3, 0.4) is 0 Å². The zero-order valence-electron chi connectivity index (χ0n) is 11.3. The largest absolute Gasteiger partial charge is 0.438 e. The first-order valence-electron chi connectivity index (χ1n) is 6.79. The summed E-state index contributed by atoms with van der Waals surface area (Å²) >= 11 is 0. The van der Waals surface area contributed by atoms with Crippen LogP contribution in [0.2, 0.25) is 0 Å². The standard InChI is InChI=1S/C14H24O3/c1-4-13(2,3)12(15)16-10-17-14-7-5-11(9-14)6-8-14/h11H,4-10H2,1-3H3. The topological polar surface area (TPSA) is 35.5 Å². The van der Waals surface area contributed by atoms with Crippen molar-refractivity contribution in [3.63, 3.8) is 0 Å². The van der Waals surface area contributed by atoms with Crippen LogP contribution in [0.25, 0.3) is 0 Å². The van der Waals surface area contributed by atoms with E-state index in [4.69, 9.17) is 9.47 Å². The normalized spacial score (nSPS) is 31.8. The Morgan fingerprint density at radius 1 is 1.35 bits per heavy atom. The van der Waals surface area contributed by atoms with Gasteiger partial charge in [-0.1, -0.05) is 6.92 Å². The summed E-state index contributed by atoms with van der Waals surface area (Å²) in [5.41, 5.74) is -0.351. The average molecular weight is 240 g/mol. The number of hydrogen-bond acceptors (Lipinski definition) is 3. The van der Waals surface area contributed by atoms with E-state index in [0.29, 0.717) is 0 Å². The second-order valence-corrected chi connectivity index (χ2v) is 6.26. The second kappa shape index (κ2) is 4.60. The van der Waals surface area contributed by atoms with Crippen LogP contribution in [0.15, 0.2) is 0 Å². The highest BCUT2D eigenvalue weighted by Crippen LogP contribution is 2.49. The van der Waals surface area contributed by atoms with E-state index < -0.39 is 5.41 Å². The summed E-state index contributed by atoms with van der Waals surface area (Å²) in [6.07, 6.45) is 6.82. The van der Waals surface area contributed by atoms with Crippen molar-refractivity contribution < 1.29 is 14.3 Å². The number of hydrogen-bond donors (Lipinski definition) is 0.